The second-order valence-electron chi connectivity index (χ2n) is 8.40. The van der Waals surface area contributed by atoms with Crippen molar-refractivity contribution < 1.29 is 30.8 Å². The highest BCUT2D eigenvalue weighted by Gasteiger charge is 2.34. The topological polar surface area (TPSA) is 76.4 Å². The Bertz CT molecular complexity index is 1420. The first-order chi connectivity index (χ1) is 16.1. The molecule has 1 amide bonds. The van der Waals surface area contributed by atoms with Gasteiger partial charge in [-0.1, -0.05) is 24.3 Å². The number of amides is 1. The lowest BCUT2D eigenvalue weighted by molar-refractivity contribution is -0.137. The van der Waals surface area contributed by atoms with Gasteiger partial charge in [0.1, 0.15) is 11.5 Å². The van der Waals surface area contributed by atoms with Crippen LogP contribution in [0.5, 0.6) is 0 Å². The van der Waals surface area contributed by atoms with Gasteiger partial charge in [0.2, 0.25) is 0 Å². The van der Waals surface area contributed by atoms with E-state index >= 15 is 0 Å². The van der Waals surface area contributed by atoms with Gasteiger partial charge in [0, 0.05) is 23.2 Å². The Morgan fingerprint density at radius 3 is 2.50 bits per heavy atom. The predicted octanol–water partition coefficient (Wildman–Crippen LogP) is 5.64. The molecule has 2 aliphatic rings. The van der Waals surface area contributed by atoms with Crippen molar-refractivity contribution in [2.45, 2.75) is 42.5 Å². The summed E-state index contributed by atoms with van der Waals surface area (Å²) >= 11 is 0. The number of aryl methyl sites for hydroxylation is 1. The molecule has 3 aromatic rings. The molecule has 34 heavy (non-hydrogen) atoms. The van der Waals surface area contributed by atoms with Crippen LogP contribution in [0.4, 0.5) is 18.9 Å². The first-order valence-electron chi connectivity index (χ1n) is 10.8. The van der Waals surface area contributed by atoms with E-state index in [1.807, 2.05) is 0 Å². The molecule has 0 saturated heterocycles. The molecule has 1 aliphatic carbocycles. The summed E-state index contributed by atoms with van der Waals surface area (Å²) in [4.78, 5) is 12.8. The molecule has 0 saturated carbocycles. The zero-order valence-electron chi connectivity index (χ0n) is 17.9. The number of carbonyl (C=O) groups is 1. The SMILES string of the molecule is O=C1Nc2cc(C(F)(F)F)ccc2C1=Cc1oc2c(c1CS(=O)(=O)c1ccccc1)CCCC2. The van der Waals surface area contributed by atoms with E-state index in [4.69, 9.17) is 4.42 Å². The van der Waals surface area contributed by atoms with E-state index in [1.165, 1.54) is 24.3 Å². The Labute approximate surface area is 194 Å². The van der Waals surface area contributed by atoms with Crippen molar-refractivity contribution in [2.24, 2.45) is 0 Å². The Morgan fingerprint density at radius 2 is 1.76 bits per heavy atom. The maximum absolute atomic E-state index is 13.1. The Kier molecular flexibility index (Phi) is 5.39. The molecule has 9 heteroatoms. The molecule has 176 valence electrons. The molecule has 0 radical (unpaired) electrons. The fourth-order valence-electron chi connectivity index (χ4n) is 4.47. The third-order valence-electron chi connectivity index (χ3n) is 6.15. The van der Waals surface area contributed by atoms with Crippen LogP contribution in [0.1, 0.15) is 46.6 Å². The van der Waals surface area contributed by atoms with Gasteiger partial charge in [-0.3, -0.25) is 4.79 Å². The average Bonchev–Trinajstić information content (AvgIpc) is 3.30. The number of sulfone groups is 1. The Hall–Kier alpha value is -3.33. The van der Waals surface area contributed by atoms with E-state index in [0.717, 1.165) is 30.5 Å². The number of rotatable bonds is 4. The molecule has 0 unspecified atom stereocenters. The maximum Gasteiger partial charge on any atom is 0.416 e. The van der Waals surface area contributed by atoms with Gasteiger partial charge in [0.25, 0.3) is 5.91 Å². The zero-order valence-corrected chi connectivity index (χ0v) is 18.7. The van der Waals surface area contributed by atoms with E-state index < -0.39 is 27.5 Å². The second kappa shape index (κ2) is 8.16. The number of nitrogens with one attached hydrogen (secondary N) is 1. The normalized spacial score (nSPS) is 16.9. The molecule has 0 fully saturated rings. The fraction of sp³-hybridized carbons (Fsp3) is 0.240. The van der Waals surface area contributed by atoms with Gasteiger partial charge < -0.3 is 9.73 Å². The largest absolute Gasteiger partial charge is 0.461 e. The molecule has 5 nitrogen and oxygen atoms in total. The standard InChI is InChI=1S/C25H20F3NO4S/c26-25(27,28)15-10-11-17-19(24(30)29-21(17)12-15)13-23-20(18-8-4-5-9-22(18)33-23)14-34(31,32)16-6-2-1-3-7-16/h1-3,6-7,10-13H,4-5,8-9,14H2,(H,29,30). The highest BCUT2D eigenvalue weighted by atomic mass is 32.2. The number of halogens is 3. The van der Waals surface area contributed by atoms with Crippen LogP contribution in [-0.4, -0.2) is 14.3 Å². The van der Waals surface area contributed by atoms with Crippen molar-refractivity contribution in [3.8, 4) is 0 Å². The minimum atomic E-state index is -4.54. The monoisotopic (exact) mass is 487 g/mol. The van der Waals surface area contributed by atoms with Crippen LogP contribution < -0.4 is 5.32 Å². The number of furan rings is 1. The molecule has 0 atom stereocenters. The average molecular weight is 487 g/mol. The molecule has 1 aliphatic heterocycles. The number of anilines is 1. The van der Waals surface area contributed by atoms with Crippen molar-refractivity contribution in [3.63, 3.8) is 0 Å². The van der Waals surface area contributed by atoms with Gasteiger partial charge in [-0.05, 0) is 55.2 Å². The van der Waals surface area contributed by atoms with E-state index in [-0.39, 0.29) is 27.7 Å². The predicted molar refractivity (Wildman–Crippen MR) is 121 cm³/mol. The van der Waals surface area contributed by atoms with Crippen molar-refractivity contribution >= 4 is 33.1 Å². The van der Waals surface area contributed by atoms with Crippen LogP contribution >= 0.6 is 0 Å². The van der Waals surface area contributed by atoms with E-state index in [2.05, 4.69) is 5.32 Å². The summed E-state index contributed by atoms with van der Waals surface area (Å²) in [5.41, 5.74) is 0.969. The number of fused-ring (bicyclic) bond motifs is 2. The molecule has 0 spiro atoms. The maximum atomic E-state index is 13.1. The summed E-state index contributed by atoms with van der Waals surface area (Å²) < 4.78 is 71.5. The van der Waals surface area contributed by atoms with E-state index in [0.29, 0.717) is 29.7 Å². The third kappa shape index (κ3) is 4.04. The molecule has 1 N–H and O–H groups in total. The summed E-state index contributed by atoms with van der Waals surface area (Å²) in [5.74, 6) is 0.0865. The van der Waals surface area contributed by atoms with Crippen LogP contribution in [-0.2, 0) is 39.4 Å². The summed E-state index contributed by atoms with van der Waals surface area (Å²) in [5, 5.41) is 2.47. The number of carbonyl (C=O) groups excluding carboxylic acids is 1. The first-order valence-corrected chi connectivity index (χ1v) is 12.4. The molecule has 2 heterocycles. The van der Waals surface area contributed by atoms with Crippen molar-refractivity contribution in [1.29, 1.82) is 0 Å². The minimum absolute atomic E-state index is 0.0563. The molecule has 0 bridgehead atoms. The molecule has 5 rings (SSSR count). The highest BCUT2D eigenvalue weighted by Crippen LogP contribution is 2.40. The van der Waals surface area contributed by atoms with Gasteiger partial charge in [-0.25, -0.2) is 8.42 Å². The third-order valence-corrected chi connectivity index (χ3v) is 7.81. The minimum Gasteiger partial charge on any atom is -0.461 e. The van der Waals surface area contributed by atoms with Crippen molar-refractivity contribution in [3.05, 3.63) is 82.3 Å². The highest BCUT2D eigenvalue weighted by molar-refractivity contribution is 7.90. The second-order valence-corrected chi connectivity index (χ2v) is 10.4. The van der Waals surface area contributed by atoms with Crippen LogP contribution in [0.3, 0.4) is 0 Å². The lowest BCUT2D eigenvalue weighted by Gasteiger charge is -2.11. The zero-order chi connectivity index (χ0) is 24.1. The number of hydrogen-bond donors (Lipinski definition) is 1. The Morgan fingerprint density at radius 1 is 1.03 bits per heavy atom. The quantitative estimate of drug-likeness (QED) is 0.483. The molecular formula is C25H20F3NO4S. The molecule has 2 aromatic carbocycles. The van der Waals surface area contributed by atoms with Crippen LogP contribution in [0, 0.1) is 0 Å². The summed E-state index contributed by atoms with van der Waals surface area (Å²) in [6, 6.07) is 11.1. The number of benzene rings is 2. The van der Waals surface area contributed by atoms with Crippen LogP contribution in [0.25, 0.3) is 11.6 Å². The van der Waals surface area contributed by atoms with Gasteiger partial charge in [0.05, 0.1) is 21.8 Å². The lowest BCUT2D eigenvalue weighted by atomic mass is 9.95. The van der Waals surface area contributed by atoms with Crippen LogP contribution in [0.2, 0.25) is 0 Å². The van der Waals surface area contributed by atoms with Gasteiger partial charge in [-0.15, -0.1) is 0 Å². The molecular weight excluding hydrogens is 467 g/mol. The van der Waals surface area contributed by atoms with Crippen molar-refractivity contribution in [2.75, 3.05) is 5.32 Å². The van der Waals surface area contributed by atoms with E-state index in [1.54, 1.807) is 18.2 Å². The number of hydrogen-bond acceptors (Lipinski definition) is 4. The van der Waals surface area contributed by atoms with Gasteiger partial charge in [-0.2, -0.15) is 13.2 Å². The Balaban J connectivity index is 1.59. The first kappa shape index (κ1) is 22.5. The summed E-state index contributed by atoms with van der Waals surface area (Å²) in [6.07, 6.45) is 0.0389. The van der Waals surface area contributed by atoms with Crippen molar-refractivity contribution in [1.82, 2.24) is 0 Å². The van der Waals surface area contributed by atoms with Gasteiger partial charge >= 0.3 is 6.18 Å². The summed E-state index contributed by atoms with van der Waals surface area (Å²) in [6.45, 7) is 0. The number of alkyl halides is 3. The van der Waals surface area contributed by atoms with Gasteiger partial charge in [0.15, 0.2) is 9.84 Å². The van der Waals surface area contributed by atoms with E-state index in [9.17, 15) is 26.4 Å². The molecule has 1 aromatic heterocycles. The fourth-order valence-corrected chi connectivity index (χ4v) is 5.91. The van der Waals surface area contributed by atoms with Crippen LogP contribution in [0.15, 0.2) is 57.8 Å². The summed E-state index contributed by atoms with van der Waals surface area (Å²) in [7, 11) is -3.68. The lowest BCUT2D eigenvalue weighted by Crippen LogP contribution is -2.09. The smallest absolute Gasteiger partial charge is 0.416 e.